The van der Waals surface area contributed by atoms with Crippen LogP contribution >= 0.6 is 11.8 Å². The van der Waals surface area contributed by atoms with Crippen LogP contribution in [0.2, 0.25) is 0 Å². The van der Waals surface area contributed by atoms with Crippen molar-refractivity contribution in [1.82, 2.24) is 15.2 Å². The zero-order valence-electron chi connectivity index (χ0n) is 19.2. The molecule has 0 saturated heterocycles. The van der Waals surface area contributed by atoms with Crippen molar-refractivity contribution in [3.63, 3.8) is 0 Å². The number of nitrogens with zero attached hydrogens (tertiary/aromatic N) is 4. The average molecular weight is 485 g/mol. The third-order valence-electron chi connectivity index (χ3n) is 5.74. The Morgan fingerprint density at radius 3 is 2.43 bits per heavy atom. The number of hydrogen-bond acceptors (Lipinski definition) is 7. The Bertz CT molecular complexity index is 1310. The molecule has 0 radical (unpaired) electrons. The fraction of sp³-hybridized carbons (Fsp3) is 0.185. The Kier molecular flexibility index (Phi) is 6.90. The van der Waals surface area contributed by atoms with Crippen molar-refractivity contribution in [3.05, 3.63) is 108 Å². The van der Waals surface area contributed by atoms with E-state index in [1.54, 1.807) is 12.1 Å². The van der Waals surface area contributed by atoms with Crippen molar-refractivity contribution in [3.8, 4) is 5.75 Å². The molecule has 35 heavy (non-hydrogen) atoms. The van der Waals surface area contributed by atoms with Crippen molar-refractivity contribution in [2.75, 3.05) is 12.9 Å². The highest BCUT2D eigenvalue weighted by Gasteiger charge is 2.33. The number of benzene rings is 3. The number of hydrogen-bond donors (Lipinski definition) is 0. The number of carbonyl (C=O) groups excluding carboxylic acids is 1. The lowest BCUT2D eigenvalue weighted by atomic mass is 9.98. The van der Waals surface area contributed by atoms with E-state index in [4.69, 9.17) is 14.3 Å². The van der Waals surface area contributed by atoms with Gasteiger partial charge in [-0.25, -0.2) is 5.01 Å². The molecule has 7 nitrogen and oxygen atoms in total. The summed E-state index contributed by atoms with van der Waals surface area (Å²) < 4.78 is 11.0. The van der Waals surface area contributed by atoms with Crippen LogP contribution in [0.3, 0.4) is 0 Å². The summed E-state index contributed by atoms with van der Waals surface area (Å²) in [5.41, 5.74) is 3.98. The molecule has 8 heteroatoms. The number of ether oxygens (including phenoxy) is 1. The lowest BCUT2D eigenvalue weighted by Crippen LogP contribution is -2.28. The van der Waals surface area contributed by atoms with Crippen LogP contribution in [-0.4, -0.2) is 39.7 Å². The minimum absolute atomic E-state index is 0.121. The van der Waals surface area contributed by atoms with Gasteiger partial charge in [0.1, 0.15) is 5.75 Å². The maximum atomic E-state index is 13.3. The van der Waals surface area contributed by atoms with E-state index >= 15 is 0 Å². The Morgan fingerprint density at radius 1 is 1.00 bits per heavy atom. The largest absolute Gasteiger partial charge is 0.497 e. The number of rotatable bonds is 8. The van der Waals surface area contributed by atoms with E-state index in [0.717, 1.165) is 28.2 Å². The highest BCUT2D eigenvalue weighted by atomic mass is 32.2. The van der Waals surface area contributed by atoms with Crippen LogP contribution in [0.5, 0.6) is 5.75 Å². The average Bonchev–Trinajstić information content (AvgIpc) is 3.56. The highest BCUT2D eigenvalue weighted by molar-refractivity contribution is 7.99. The van der Waals surface area contributed by atoms with E-state index < -0.39 is 0 Å². The first-order valence-electron chi connectivity index (χ1n) is 11.3. The van der Waals surface area contributed by atoms with Crippen LogP contribution in [0.4, 0.5) is 0 Å². The quantitative estimate of drug-likeness (QED) is 0.322. The standard InChI is InChI=1S/C27H24N4O3S/c1-33-22-14-12-21(13-15-22)24-17-23(20-10-6-3-7-11-20)30-31(24)26(32)18-35-27-29-28-25(34-27)16-19-8-4-2-5-9-19/h2-15,24H,16-18H2,1H3/t24-/m1/s1. The summed E-state index contributed by atoms with van der Waals surface area (Å²) in [5.74, 6) is 1.31. The van der Waals surface area contributed by atoms with E-state index in [1.807, 2.05) is 84.9 Å². The van der Waals surface area contributed by atoms with Gasteiger partial charge in [0.2, 0.25) is 5.89 Å². The molecule has 4 aromatic rings. The summed E-state index contributed by atoms with van der Waals surface area (Å²) in [6, 6.07) is 27.4. The van der Waals surface area contributed by atoms with Crippen molar-refractivity contribution < 1.29 is 13.9 Å². The highest BCUT2D eigenvalue weighted by Crippen LogP contribution is 2.34. The monoisotopic (exact) mass is 484 g/mol. The summed E-state index contributed by atoms with van der Waals surface area (Å²) in [6.07, 6.45) is 1.19. The topological polar surface area (TPSA) is 80.8 Å². The molecular weight excluding hydrogens is 460 g/mol. The first-order chi connectivity index (χ1) is 17.2. The van der Waals surface area contributed by atoms with Gasteiger partial charge in [0.05, 0.1) is 31.0 Å². The first-order valence-corrected chi connectivity index (χ1v) is 12.3. The van der Waals surface area contributed by atoms with Crippen molar-refractivity contribution in [2.45, 2.75) is 24.1 Å². The summed E-state index contributed by atoms with van der Waals surface area (Å²) in [6.45, 7) is 0. The maximum Gasteiger partial charge on any atom is 0.277 e. The van der Waals surface area contributed by atoms with E-state index in [2.05, 4.69) is 10.2 Å². The molecule has 5 rings (SSSR count). The Balaban J connectivity index is 1.30. The minimum atomic E-state index is -0.194. The SMILES string of the molecule is COc1ccc([C@H]2CC(c3ccccc3)=NN2C(=O)CSc2nnc(Cc3ccccc3)o2)cc1. The number of amides is 1. The number of hydrazone groups is 1. The van der Waals surface area contributed by atoms with Gasteiger partial charge < -0.3 is 9.15 Å². The van der Waals surface area contributed by atoms with Crippen LogP contribution < -0.4 is 4.74 Å². The molecule has 0 saturated carbocycles. The van der Waals surface area contributed by atoms with Crippen molar-refractivity contribution in [2.24, 2.45) is 5.10 Å². The molecule has 1 atom stereocenters. The second kappa shape index (κ2) is 10.6. The summed E-state index contributed by atoms with van der Waals surface area (Å²) in [5, 5.41) is 14.9. The third-order valence-corrected chi connectivity index (χ3v) is 6.54. The molecule has 2 heterocycles. The van der Waals surface area contributed by atoms with Gasteiger partial charge in [-0.1, -0.05) is 84.6 Å². The molecule has 0 bridgehead atoms. The van der Waals surface area contributed by atoms with Crippen molar-refractivity contribution >= 4 is 23.4 Å². The molecule has 1 aliphatic heterocycles. The molecule has 0 spiro atoms. The summed E-state index contributed by atoms with van der Waals surface area (Å²) >= 11 is 1.23. The molecule has 1 aliphatic rings. The van der Waals surface area contributed by atoms with Crippen LogP contribution in [0.15, 0.2) is 99.7 Å². The maximum absolute atomic E-state index is 13.3. The Hall–Kier alpha value is -3.91. The Morgan fingerprint density at radius 2 is 1.71 bits per heavy atom. The molecule has 0 aliphatic carbocycles. The molecular formula is C27H24N4O3S. The number of carbonyl (C=O) groups is 1. The van der Waals surface area contributed by atoms with Gasteiger partial charge >= 0.3 is 0 Å². The minimum Gasteiger partial charge on any atom is -0.497 e. The van der Waals surface area contributed by atoms with Gasteiger partial charge in [0.15, 0.2) is 0 Å². The number of aromatic nitrogens is 2. The van der Waals surface area contributed by atoms with Gasteiger partial charge in [0.25, 0.3) is 11.1 Å². The molecule has 1 amide bonds. The van der Waals surface area contributed by atoms with Gasteiger partial charge in [-0.3, -0.25) is 4.79 Å². The fourth-order valence-corrected chi connectivity index (χ4v) is 4.59. The van der Waals surface area contributed by atoms with Gasteiger partial charge in [-0.05, 0) is 28.8 Å². The summed E-state index contributed by atoms with van der Waals surface area (Å²) in [4.78, 5) is 13.3. The molecule has 0 unspecified atom stereocenters. The van der Waals surface area contributed by atoms with E-state index in [-0.39, 0.29) is 17.7 Å². The van der Waals surface area contributed by atoms with Gasteiger partial charge in [-0.15, -0.1) is 10.2 Å². The fourth-order valence-electron chi connectivity index (χ4n) is 3.96. The first kappa shape index (κ1) is 22.9. The van der Waals surface area contributed by atoms with Crippen LogP contribution in [-0.2, 0) is 11.2 Å². The van der Waals surface area contributed by atoms with Crippen LogP contribution in [0.25, 0.3) is 0 Å². The zero-order chi connectivity index (χ0) is 24.0. The van der Waals surface area contributed by atoms with Crippen LogP contribution in [0, 0.1) is 0 Å². The second-order valence-corrected chi connectivity index (χ2v) is 8.98. The summed E-state index contributed by atoms with van der Waals surface area (Å²) in [7, 11) is 1.64. The number of methoxy groups -OCH3 is 1. The molecule has 176 valence electrons. The van der Waals surface area contributed by atoms with Crippen molar-refractivity contribution in [1.29, 1.82) is 0 Å². The predicted octanol–water partition coefficient (Wildman–Crippen LogP) is 5.14. The normalized spacial score (nSPS) is 15.2. The zero-order valence-corrected chi connectivity index (χ0v) is 20.0. The van der Waals surface area contributed by atoms with Crippen LogP contribution in [0.1, 0.15) is 35.0 Å². The molecule has 1 aromatic heterocycles. The lowest BCUT2D eigenvalue weighted by Gasteiger charge is -2.22. The number of thioether (sulfide) groups is 1. The van der Waals surface area contributed by atoms with Gasteiger partial charge in [-0.2, -0.15) is 5.10 Å². The van der Waals surface area contributed by atoms with Gasteiger partial charge in [0, 0.05) is 6.42 Å². The lowest BCUT2D eigenvalue weighted by molar-refractivity contribution is -0.130. The third kappa shape index (κ3) is 5.44. The second-order valence-electron chi connectivity index (χ2n) is 8.06. The predicted molar refractivity (Wildman–Crippen MR) is 134 cm³/mol. The Labute approximate surface area is 207 Å². The molecule has 0 fully saturated rings. The molecule has 3 aromatic carbocycles. The molecule has 0 N–H and O–H groups in total. The van der Waals surface area contributed by atoms with E-state index in [9.17, 15) is 4.79 Å². The smallest absolute Gasteiger partial charge is 0.277 e. The van der Waals surface area contributed by atoms with E-state index in [0.29, 0.717) is 24.0 Å². The van der Waals surface area contributed by atoms with E-state index in [1.165, 1.54) is 11.8 Å².